The molecule has 4 nitrogen and oxygen atoms in total. The molecule has 0 radical (unpaired) electrons. The molecule has 1 aliphatic heterocycles. The second-order valence-electron chi connectivity index (χ2n) is 7.14. The third kappa shape index (κ3) is 3.31. The van der Waals surface area contributed by atoms with Crippen molar-refractivity contribution in [2.45, 2.75) is 59.7 Å². The molecule has 1 fully saturated rings. The predicted molar refractivity (Wildman–Crippen MR) is 94.1 cm³/mol. The Hall–Kier alpha value is -1.33. The zero-order valence-corrected chi connectivity index (χ0v) is 15.4. The van der Waals surface area contributed by atoms with Crippen molar-refractivity contribution < 1.29 is 14.1 Å². The molecule has 0 unspecified atom stereocenters. The minimum atomic E-state index is -0.392. The van der Waals surface area contributed by atoms with Crippen LogP contribution in [0.4, 0.5) is 0 Å². The first kappa shape index (κ1) is 18.0. The fourth-order valence-corrected chi connectivity index (χ4v) is 2.73. The average Bonchev–Trinajstić information content (AvgIpc) is 2.68. The summed E-state index contributed by atoms with van der Waals surface area (Å²) in [5.41, 5.74) is 1.93. The molecule has 23 heavy (non-hydrogen) atoms. The number of hydrogen-bond donors (Lipinski definition) is 0. The molecule has 0 atom stereocenters. The molecule has 1 aromatic carbocycles. The molecule has 126 valence electrons. The Bertz CT molecular complexity index is 578. The van der Waals surface area contributed by atoms with Gasteiger partial charge in [0.05, 0.1) is 11.2 Å². The maximum absolute atomic E-state index is 12.5. The lowest BCUT2D eigenvalue weighted by Crippen LogP contribution is -2.41. The van der Waals surface area contributed by atoms with Crippen LogP contribution in [-0.4, -0.2) is 42.2 Å². The van der Waals surface area contributed by atoms with E-state index in [1.807, 2.05) is 71.6 Å². The summed E-state index contributed by atoms with van der Waals surface area (Å²) in [7, 11) is -0.392. The second kappa shape index (κ2) is 6.29. The molecule has 1 aromatic rings. The van der Waals surface area contributed by atoms with Crippen molar-refractivity contribution >= 4 is 18.5 Å². The molecule has 0 N–H and O–H groups in total. The van der Waals surface area contributed by atoms with Gasteiger partial charge in [-0.05, 0) is 65.6 Å². The van der Waals surface area contributed by atoms with Crippen molar-refractivity contribution in [3.8, 4) is 0 Å². The van der Waals surface area contributed by atoms with Gasteiger partial charge in [0.1, 0.15) is 0 Å². The van der Waals surface area contributed by atoms with Gasteiger partial charge in [0.2, 0.25) is 0 Å². The molecule has 0 aromatic heterocycles. The van der Waals surface area contributed by atoms with E-state index in [0.29, 0.717) is 13.1 Å². The second-order valence-corrected chi connectivity index (χ2v) is 7.14. The topological polar surface area (TPSA) is 38.8 Å². The van der Waals surface area contributed by atoms with E-state index < -0.39 is 7.12 Å². The van der Waals surface area contributed by atoms with E-state index in [9.17, 15) is 4.79 Å². The van der Waals surface area contributed by atoms with E-state index in [0.717, 1.165) is 16.6 Å². The highest BCUT2D eigenvalue weighted by molar-refractivity contribution is 6.62. The molecule has 5 heteroatoms. The van der Waals surface area contributed by atoms with E-state index >= 15 is 0 Å². The summed E-state index contributed by atoms with van der Waals surface area (Å²) < 4.78 is 12.2. The molecule has 1 heterocycles. The van der Waals surface area contributed by atoms with Gasteiger partial charge in [-0.2, -0.15) is 0 Å². The molecular formula is C18H28BNO3. The Kier molecular flexibility index (Phi) is 4.93. The molecule has 1 aliphatic rings. The fraction of sp³-hybridized carbons (Fsp3) is 0.611. The summed E-state index contributed by atoms with van der Waals surface area (Å²) in [6.07, 6.45) is 0. The van der Waals surface area contributed by atoms with Gasteiger partial charge in [-0.1, -0.05) is 12.1 Å². The Balaban J connectivity index is 2.26. The lowest BCUT2D eigenvalue weighted by atomic mass is 9.78. The summed E-state index contributed by atoms with van der Waals surface area (Å²) in [5.74, 6) is 0.0768. The standard InChI is InChI=1S/C18H28BNO3/c1-8-20(9-2)16(21)15-11-10-14(12-13(15)3)19-22-17(4,5)18(6,7)23-19/h10-12H,8-9H2,1-7H3. The van der Waals surface area contributed by atoms with Crippen LogP contribution in [-0.2, 0) is 9.31 Å². The summed E-state index contributed by atoms with van der Waals surface area (Å²) in [5, 5.41) is 0. The smallest absolute Gasteiger partial charge is 0.399 e. The average molecular weight is 317 g/mol. The van der Waals surface area contributed by atoms with Gasteiger partial charge >= 0.3 is 7.12 Å². The van der Waals surface area contributed by atoms with Crippen LogP contribution in [0, 0.1) is 6.92 Å². The van der Waals surface area contributed by atoms with Crippen LogP contribution >= 0.6 is 0 Å². The van der Waals surface area contributed by atoms with E-state index in [4.69, 9.17) is 9.31 Å². The van der Waals surface area contributed by atoms with Crippen molar-refractivity contribution in [1.29, 1.82) is 0 Å². The molecule has 1 saturated heterocycles. The zero-order valence-electron chi connectivity index (χ0n) is 15.4. The van der Waals surface area contributed by atoms with E-state index in [1.165, 1.54) is 0 Å². The first-order valence-corrected chi connectivity index (χ1v) is 8.38. The van der Waals surface area contributed by atoms with Gasteiger partial charge in [0.25, 0.3) is 5.91 Å². The Labute approximate surface area is 140 Å². The van der Waals surface area contributed by atoms with Crippen LogP contribution in [0.1, 0.15) is 57.5 Å². The first-order chi connectivity index (χ1) is 10.6. The monoisotopic (exact) mass is 317 g/mol. The highest BCUT2D eigenvalue weighted by atomic mass is 16.7. The van der Waals surface area contributed by atoms with Gasteiger partial charge in [-0.25, -0.2) is 0 Å². The van der Waals surface area contributed by atoms with E-state index in [2.05, 4.69) is 0 Å². The number of benzene rings is 1. The lowest BCUT2D eigenvalue weighted by molar-refractivity contribution is 0.00578. The van der Waals surface area contributed by atoms with Gasteiger partial charge < -0.3 is 14.2 Å². The predicted octanol–water partition coefficient (Wildman–Crippen LogP) is 2.78. The van der Waals surface area contributed by atoms with Crippen LogP contribution in [0.2, 0.25) is 0 Å². The molecule has 0 bridgehead atoms. The minimum Gasteiger partial charge on any atom is -0.399 e. The quantitative estimate of drug-likeness (QED) is 0.802. The van der Waals surface area contributed by atoms with Gasteiger partial charge in [0.15, 0.2) is 0 Å². The third-order valence-electron chi connectivity index (χ3n) is 5.06. The van der Waals surface area contributed by atoms with Gasteiger partial charge in [-0.15, -0.1) is 0 Å². The number of carbonyl (C=O) groups excluding carboxylic acids is 1. The number of rotatable bonds is 4. The van der Waals surface area contributed by atoms with Crippen LogP contribution in [0.5, 0.6) is 0 Å². The van der Waals surface area contributed by atoms with Crippen LogP contribution in [0.25, 0.3) is 0 Å². The summed E-state index contributed by atoms with van der Waals surface area (Å²) in [6.45, 7) is 15.5. The highest BCUT2D eigenvalue weighted by Crippen LogP contribution is 2.36. The summed E-state index contributed by atoms with van der Waals surface area (Å²) >= 11 is 0. The largest absolute Gasteiger partial charge is 0.494 e. The normalized spacial score (nSPS) is 19.0. The molecule has 0 aliphatic carbocycles. The number of amides is 1. The molecule has 0 spiro atoms. The van der Waals surface area contributed by atoms with E-state index in [1.54, 1.807) is 0 Å². The minimum absolute atomic E-state index is 0.0768. The van der Waals surface area contributed by atoms with Gasteiger partial charge in [0, 0.05) is 18.7 Å². The maximum Gasteiger partial charge on any atom is 0.494 e. The zero-order chi connectivity index (χ0) is 17.4. The van der Waals surface area contributed by atoms with Crippen molar-refractivity contribution in [3.63, 3.8) is 0 Å². The molecular weight excluding hydrogens is 289 g/mol. The van der Waals surface area contributed by atoms with E-state index in [-0.39, 0.29) is 17.1 Å². The highest BCUT2D eigenvalue weighted by Gasteiger charge is 2.51. The summed E-state index contributed by atoms with van der Waals surface area (Å²) in [4.78, 5) is 14.4. The van der Waals surface area contributed by atoms with Crippen molar-refractivity contribution in [1.82, 2.24) is 4.90 Å². The fourth-order valence-electron chi connectivity index (χ4n) is 2.73. The number of aryl methyl sites for hydroxylation is 1. The number of hydrogen-bond acceptors (Lipinski definition) is 3. The third-order valence-corrected chi connectivity index (χ3v) is 5.06. The number of carbonyl (C=O) groups is 1. The van der Waals surface area contributed by atoms with Crippen molar-refractivity contribution in [3.05, 3.63) is 29.3 Å². The molecule has 0 saturated carbocycles. The van der Waals surface area contributed by atoms with Crippen molar-refractivity contribution in [2.75, 3.05) is 13.1 Å². The van der Waals surface area contributed by atoms with Crippen LogP contribution in [0.3, 0.4) is 0 Å². The Morgan fingerprint density at radius 2 is 1.61 bits per heavy atom. The van der Waals surface area contributed by atoms with Crippen molar-refractivity contribution in [2.24, 2.45) is 0 Å². The SMILES string of the molecule is CCN(CC)C(=O)c1ccc(B2OC(C)(C)C(C)(C)O2)cc1C. The Morgan fingerprint density at radius 3 is 2.04 bits per heavy atom. The number of nitrogens with zero attached hydrogens (tertiary/aromatic N) is 1. The van der Waals surface area contributed by atoms with Gasteiger partial charge in [-0.3, -0.25) is 4.79 Å². The van der Waals surface area contributed by atoms with Crippen LogP contribution < -0.4 is 5.46 Å². The molecule has 2 rings (SSSR count). The first-order valence-electron chi connectivity index (χ1n) is 8.38. The van der Waals surface area contributed by atoms with Crippen LogP contribution in [0.15, 0.2) is 18.2 Å². The lowest BCUT2D eigenvalue weighted by Gasteiger charge is -2.32. The Morgan fingerprint density at radius 1 is 1.09 bits per heavy atom. The molecule has 1 amide bonds. The maximum atomic E-state index is 12.5. The summed E-state index contributed by atoms with van der Waals surface area (Å²) in [6, 6.07) is 5.82.